The quantitative estimate of drug-likeness (QED) is 0.435. The van der Waals surface area contributed by atoms with Crippen molar-refractivity contribution in [2.45, 2.75) is 55.8 Å². The van der Waals surface area contributed by atoms with Gasteiger partial charge in [0, 0.05) is 30.9 Å². The van der Waals surface area contributed by atoms with Crippen LogP contribution < -0.4 is 15.5 Å². The zero-order chi connectivity index (χ0) is 28.8. The summed E-state index contributed by atoms with van der Waals surface area (Å²) in [5.74, 6) is 0.873. The average Bonchev–Trinajstić information content (AvgIpc) is 3.69. The second kappa shape index (κ2) is 10.4. The highest BCUT2D eigenvalue weighted by Gasteiger charge is 2.59. The maximum Gasteiger partial charge on any atom is 0.333 e. The molecule has 3 aromatic rings. The van der Waals surface area contributed by atoms with E-state index < -0.39 is 21.1 Å². The molecule has 2 N–H and O–H groups in total. The van der Waals surface area contributed by atoms with Crippen molar-refractivity contribution in [3.63, 3.8) is 0 Å². The molecular weight excluding hydrogens is 544 g/mol. The molecule has 5 rings (SSSR count). The van der Waals surface area contributed by atoms with Crippen molar-refractivity contribution in [2.75, 3.05) is 37.0 Å². The van der Waals surface area contributed by atoms with Crippen molar-refractivity contribution in [3.05, 3.63) is 47.4 Å². The molecule has 2 aliphatic rings. The van der Waals surface area contributed by atoms with Gasteiger partial charge in [-0.2, -0.15) is 13.9 Å². The van der Waals surface area contributed by atoms with Crippen molar-refractivity contribution in [2.24, 2.45) is 0 Å². The largest absolute Gasteiger partial charge is 0.377 e. The molecule has 0 unspecified atom stereocenters. The van der Waals surface area contributed by atoms with E-state index in [2.05, 4.69) is 15.7 Å². The number of ether oxygens (including phenoxy) is 1. The van der Waals surface area contributed by atoms with Gasteiger partial charge in [0.2, 0.25) is 0 Å². The summed E-state index contributed by atoms with van der Waals surface area (Å²) in [7, 11) is -2.63. The van der Waals surface area contributed by atoms with Crippen LogP contribution in [0, 0.1) is 13.8 Å². The molecule has 3 heterocycles. The van der Waals surface area contributed by atoms with Crippen LogP contribution in [-0.4, -0.2) is 67.0 Å². The third kappa shape index (κ3) is 4.79. The highest BCUT2D eigenvalue weighted by molar-refractivity contribution is 7.92. The molecule has 40 heavy (non-hydrogen) atoms. The topological polar surface area (TPSA) is 131 Å². The van der Waals surface area contributed by atoms with Gasteiger partial charge < -0.3 is 20.3 Å². The number of anilines is 2. The average molecular weight is 576 g/mol. The van der Waals surface area contributed by atoms with Crippen molar-refractivity contribution >= 4 is 27.4 Å². The number of sulfone groups is 1. The summed E-state index contributed by atoms with van der Waals surface area (Å²) in [6.45, 7) is 3.35. The van der Waals surface area contributed by atoms with Gasteiger partial charge in [-0.25, -0.2) is 27.9 Å². The number of hydrogen-bond donors (Lipinski definition) is 2. The number of urea groups is 1. The van der Waals surface area contributed by atoms with Crippen molar-refractivity contribution in [1.82, 2.24) is 25.1 Å². The first-order valence-corrected chi connectivity index (χ1v) is 14.4. The molecule has 1 saturated carbocycles. The standard InChI is InChI=1S/C26H31F2N7O4S/c1-15-14-39-12-11-34(15)21-13-20(31-23(32-21)18-5-7-19(8-6-18)30-25(36)29-4)26(9-10-26)40(37,38)22-16(2)33-35(17(22)3)24(27)28/h5-8,13,15,24H,9-12,14H2,1-4H3,(H2,29,30,36)/t15-/m0/s1. The fraction of sp³-hybridized carbons (Fsp3) is 0.462. The Labute approximate surface area is 230 Å². The van der Waals surface area contributed by atoms with E-state index in [1.54, 1.807) is 30.3 Å². The van der Waals surface area contributed by atoms with Crippen molar-refractivity contribution in [3.8, 4) is 11.4 Å². The third-order valence-electron chi connectivity index (χ3n) is 7.40. The van der Waals surface area contributed by atoms with Gasteiger partial charge in [-0.1, -0.05) is 0 Å². The fourth-order valence-corrected chi connectivity index (χ4v) is 7.43. The lowest BCUT2D eigenvalue weighted by Crippen LogP contribution is -2.44. The number of morpholine rings is 1. The summed E-state index contributed by atoms with van der Waals surface area (Å²) in [6.07, 6.45) is 0.579. The Balaban J connectivity index is 1.62. The normalized spacial score (nSPS) is 18.6. The molecule has 0 spiro atoms. The molecule has 2 aromatic heterocycles. The van der Waals surface area contributed by atoms with Gasteiger partial charge in [0.15, 0.2) is 15.7 Å². The molecule has 14 heteroatoms. The molecule has 214 valence electrons. The SMILES string of the molecule is CNC(=O)Nc1ccc(-c2nc(N3CCOC[C@@H]3C)cc(C3(S(=O)(=O)c4c(C)nn(C(F)F)c4C)CC3)n2)cc1. The first-order chi connectivity index (χ1) is 19.0. The van der Waals surface area contributed by atoms with E-state index in [-0.39, 0.29) is 41.2 Å². The Morgan fingerprint density at radius 2 is 1.88 bits per heavy atom. The summed E-state index contributed by atoms with van der Waals surface area (Å²) in [6, 6.07) is 8.21. The maximum atomic E-state index is 14.1. The molecule has 1 saturated heterocycles. The number of carbonyl (C=O) groups is 1. The van der Waals surface area contributed by atoms with Gasteiger partial charge in [0.1, 0.15) is 15.5 Å². The van der Waals surface area contributed by atoms with Gasteiger partial charge in [-0.15, -0.1) is 0 Å². The lowest BCUT2D eigenvalue weighted by Gasteiger charge is -2.34. The maximum absolute atomic E-state index is 14.1. The number of aryl methyl sites for hydroxylation is 1. The van der Waals surface area contributed by atoms with E-state index >= 15 is 0 Å². The van der Waals surface area contributed by atoms with Crippen LogP contribution in [-0.2, 0) is 19.3 Å². The van der Waals surface area contributed by atoms with E-state index in [9.17, 15) is 22.0 Å². The molecular formula is C26H31F2N7O4S. The zero-order valence-corrected chi connectivity index (χ0v) is 23.4. The van der Waals surface area contributed by atoms with Crippen LogP contribution >= 0.6 is 0 Å². The van der Waals surface area contributed by atoms with Crippen LogP contribution in [0.1, 0.15) is 43.4 Å². The van der Waals surface area contributed by atoms with Crippen LogP contribution in [0.15, 0.2) is 35.2 Å². The third-order valence-corrected chi connectivity index (χ3v) is 10.2. The van der Waals surface area contributed by atoms with Gasteiger partial charge >= 0.3 is 12.6 Å². The van der Waals surface area contributed by atoms with E-state index in [4.69, 9.17) is 14.7 Å². The van der Waals surface area contributed by atoms with Crippen LogP contribution in [0.2, 0.25) is 0 Å². The highest BCUT2D eigenvalue weighted by atomic mass is 32.2. The number of hydrogen-bond acceptors (Lipinski definition) is 8. The number of rotatable bonds is 7. The van der Waals surface area contributed by atoms with E-state index in [0.717, 1.165) is 0 Å². The monoisotopic (exact) mass is 575 g/mol. The Hall–Kier alpha value is -3.65. The minimum absolute atomic E-state index is 0.0102. The van der Waals surface area contributed by atoms with Crippen LogP contribution in [0.25, 0.3) is 11.4 Å². The van der Waals surface area contributed by atoms with E-state index in [1.807, 2.05) is 11.8 Å². The first-order valence-electron chi connectivity index (χ1n) is 12.9. The number of nitrogens with one attached hydrogen (secondary N) is 2. The lowest BCUT2D eigenvalue weighted by molar-refractivity contribution is 0.0538. The van der Waals surface area contributed by atoms with Crippen LogP contribution in [0.4, 0.5) is 25.1 Å². The Kier molecular flexibility index (Phi) is 7.25. The second-order valence-corrected chi connectivity index (χ2v) is 12.3. The molecule has 1 atom stereocenters. The van der Waals surface area contributed by atoms with Crippen LogP contribution in [0.3, 0.4) is 0 Å². The predicted octanol–water partition coefficient (Wildman–Crippen LogP) is 3.79. The molecule has 2 amide bonds. The van der Waals surface area contributed by atoms with Gasteiger partial charge in [0.25, 0.3) is 0 Å². The fourth-order valence-electron chi connectivity index (χ4n) is 5.11. The number of amides is 2. The minimum atomic E-state index is -4.14. The van der Waals surface area contributed by atoms with Gasteiger partial charge in [-0.3, -0.25) is 0 Å². The molecule has 2 fully saturated rings. The highest BCUT2D eigenvalue weighted by Crippen LogP contribution is 2.56. The van der Waals surface area contributed by atoms with Crippen molar-refractivity contribution < 1.29 is 26.7 Å². The predicted molar refractivity (Wildman–Crippen MR) is 144 cm³/mol. The molecule has 1 aliphatic heterocycles. The molecule has 1 aliphatic carbocycles. The summed E-state index contributed by atoms with van der Waals surface area (Å²) >= 11 is 0. The second-order valence-electron chi connectivity index (χ2n) is 10.1. The summed E-state index contributed by atoms with van der Waals surface area (Å²) in [5.41, 5.74) is 1.42. The number of aromatic nitrogens is 4. The summed E-state index contributed by atoms with van der Waals surface area (Å²) in [5, 5.41) is 8.99. The number of carbonyl (C=O) groups excluding carboxylic acids is 1. The zero-order valence-electron chi connectivity index (χ0n) is 22.6. The molecule has 0 bridgehead atoms. The Morgan fingerprint density at radius 1 is 1.18 bits per heavy atom. The minimum Gasteiger partial charge on any atom is -0.377 e. The van der Waals surface area contributed by atoms with Crippen molar-refractivity contribution in [1.29, 1.82) is 0 Å². The molecule has 11 nitrogen and oxygen atoms in total. The molecule has 1 aromatic carbocycles. The summed E-state index contributed by atoms with van der Waals surface area (Å²) < 4.78 is 60.0. The first kappa shape index (κ1) is 27.9. The number of nitrogens with zero attached hydrogens (tertiary/aromatic N) is 5. The lowest BCUT2D eigenvalue weighted by atomic mass is 10.1. The molecule has 0 radical (unpaired) electrons. The van der Waals surface area contributed by atoms with Gasteiger partial charge in [0.05, 0.1) is 36.3 Å². The number of alkyl halides is 2. The Morgan fingerprint density at radius 3 is 2.45 bits per heavy atom. The Bertz CT molecular complexity index is 1540. The number of benzene rings is 1. The van der Waals surface area contributed by atoms with Crippen LogP contribution in [0.5, 0.6) is 0 Å². The summed E-state index contributed by atoms with van der Waals surface area (Å²) in [4.78, 5) is 23.1. The van der Waals surface area contributed by atoms with E-state index in [1.165, 1.54) is 20.9 Å². The van der Waals surface area contributed by atoms with Gasteiger partial charge in [-0.05, 0) is 57.9 Å². The number of halogens is 2. The van der Waals surface area contributed by atoms with E-state index in [0.29, 0.717) is 53.0 Å². The smallest absolute Gasteiger partial charge is 0.333 e.